The van der Waals surface area contributed by atoms with Gasteiger partial charge < -0.3 is 10.4 Å². The molecule has 1 aromatic rings. The summed E-state index contributed by atoms with van der Waals surface area (Å²) < 4.78 is 0. The number of carboxylic acid groups (broad SMARTS) is 1. The number of anilines is 1. The second kappa shape index (κ2) is 4.08. The van der Waals surface area contributed by atoms with Crippen molar-refractivity contribution in [2.75, 3.05) is 5.32 Å². The van der Waals surface area contributed by atoms with Gasteiger partial charge in [0.2, 0.25) is 5.95 Å². The van der Waals surface area contributed by atoms with E-state index in [0.717, 1.165) is 0 Å². The van der Waals surface area contributed by atoms with Crippen molar-refractivity contribution in [3.63, 3.8) is 0 Å². The van der Waals surface area contributed by atoms with Gasteiger partial charge in [-0.25, -0.2) is 9.97 Å². The van der Waals surface area contributed by atoms with Crippen LogP contribution < -0.4 is 5.32 Å². The van der Waals surface area contributed by atoms with Crippen LogP contribution >= 0.6 is 0 Å². The van der Waals surface area contributed by atoms with Crippen molar-refractivity contribution in [2.45, 2.75) is 33.2 Å². The zero-order chi connectivity index (χ0) is 12.4. The van der Waals surface area contributed by atoms with Crippen LogP contribution in [0, 0.1) is 5.41 Å². The van der Waals surface area contributed by atoms with Crippen molar-refractivity contribution in [1.29, 1.82) is 0 Å². The predicted octanol–water partition coefficient (Wildman–Crippen LogP) is 1.78. The van der Waals surface area contributed by atoms with Gasteiger partial charge in [0.15, 0.2) is 0 Å². The number of aromatic nitrogens is 2. The Hall–Kier alpha value is -1.65. The molecule has 0 unspecified atom stereocenters. The van der Waals surface area contributed by atoms with Gasteiger partial charge >= 0.3 is 5.97 Å². The molecule has 16 heavy (non-hydrogen) atoms. The normalized spacial score (nSPS) is 12.2. The summed E-state index contributed by atoms with van der Waals surface area (Å²) in [5.41, 5.74) is -1.58. The molecular formula is C11H17N3O2. The first-order chi connectivity index (χ1) is 7.27. The van der Waals surface area contributed by atoms with Crippen LogP contribution in [0.3, 0.4) is 0 Å². The summed E-state index contributed by atoms with van der Waals surface area (Å²) in [6.07, 6.45) is 3.22. The Morgan fingerprint density at radius 3 is 2.19 bits per heavy atom. The zero-order valence-corrected chi connectivity index (χ0v) is 9.98. The topological polar surface area (TPSA) is 75.1 Å². The van der Waals surface area contributed by atoms with Gasteiger partial charge in [0.25, 0.3) is 0 Å². The van der Waals surface area contributed by atoms with Gasteiger partial charge in [0.05, 0.1) is 11.0 Å². The molecule has 1 heterocycles. The van der Waals surface area contributed by atoms with Gasteiger partial charge in [-0.2, -0.15) is 0 Å². The van der Waals surface area contributed by atoms with Gasteiger partial charge in [-0.15, -0.1) is 0 Å². The molecule has 5 heteroatoms. The SMILES string of the molecule is CC(C)(Nc1ncccn1)C(C)(C)C(=O)O. The fourth-order valence-electron chi connectivity index (χ4n) is 1.07. The number of nitrogens with one attached hydrogen (secondary N) is 1. The van der Waals surface area contributed by atoms with Crippen LogP contribution in [0.2, 0.25) is 0 Å². The maximum absolute atomic E-state index is 11.2. The van der Waals surface area contributed by atoms with Crippen molar-refractivity contribution in [2.24, 2.45) is 5.41 Å². The summed E-state index contributed by atoms with van der Waals surface area (Å²) >= 11 is 0. The Morgan fingerprint density at radius 1 is 1.25 bits per heavy atom. The van der Waals surface area contributed by atoms with E-state index in [4.69, 9.17) is 0 Å². The number of hydrogen-bond donors (Lipinski definition) is 2. The van der Waals surface area contributed by atoms with Crippen LogP contribution in [0.4, 0.5) is 5.95 Å². The number of carboxylic acids is 1. The molecule has 0 atom stereocenters. The Bertz CT molecular complexity index is 374. The number of nitrogens with zero attached hydrogens (tertiary/aromatic N) is 2. The minimum atomic E-state index is -0.924. The lowest BCUT2D eigenvalue weighted by molar-refractivity contribution is -0.149. The van der Waals surface area contributed by atoms with E-state index in [-0.39, 0.29) is 0 Å². The summed E-state index contributed by atoms with van der Waals surface area (Å²) in [6, 6.07) is 1.71. The Labute approximate surface area is 94.9 Å². The van der Waals surface area contributed by atoms with Crippen molar-refractivity contribution < 1.29 is 9.90 Å². The molecule has 0 spiro atoms. The fourth-order valence-corrected chi connectivity index (χ4v) is 1.07. The number of rotatable bonds is 4. The maximum atomic E-state index is 11.2. The highest BCUT2D eigenvalue weighted by Crippen LogP contribution is 2.32. The standard InChI is InChI=1S/C11H17N3O2/c1-10(2,8(15)16)11(3,4)14-9-12-6-5-7-13-9/h5-7H,1-4H3,(H,15,16)(H,12,13,14). The molecule has 0 aliphatic heterocycles. The van der Waals surface area contributed by atoms with E-state index < -0.39 is 16.9 Å². The molecule has 1 aromatic heterocycles. The van der Waals surface area contributed by atoms with Crippen molar-refractivity contribution in [1.82, 2.24) is 9.97 Å². The molecule has 0 saturated heterocycles. The minimum absolute atomic E-state index is 0.432. The molecule has 1 rings (SSSR count). The van der Waals surface area contributed by atoms with Crippen LogP contribution in [0.1, 0.15) is 27.7 Å². The minimum Gasteiger partial charge on any atom is -0.481 e. The van der Waals surface area contributed by atoms with E-state index in [9.17, 15) is 9.90 Å². The van der Waals surface area contributed by atoms with Crippen molar-refractivity contribution in [3.8, 4) is 0 Å². The fraction of sp³-hybridized carbons (Fsp3) is 0.545. The van der Waals surface area contributed by atoms with Crippen LogP contribution in [0.5, 0.6) is 0 Å². The van der Waals surface area contributed by atoms with E-state index in [1.807, 2.05) is 13.8 Å². The van der Waals surface area contributed by atoms with Crippen molar-refractivity contribution >= 4 is 11.9 Å². The molecule has 0 radical (unpaired) electrons. The van der Waals surface area contributed by atoms with Gasteiger partial charge in [0, 0.05) is 12.4 Å². The van der Waals surface area contributed by atoms with Gasteiger partial charge in [-0.1, -0.05) is 0 Å². The lowest BCUT2D eigenvalue weighted by Gasteiger charge is -2.38. The first-order valence-electron chi connectivity index (χ1n) is 5.06. The van der Waals surface area contributed by atoms with Crippen LogP contribution in [0.25, 0.3) is 0 Å². The average Bonchev–Trinajstić information content (AvgIpc) is 2.18. The van der Waals surface area contributed by atoms with Crippen LogP contribution in [-0.2, 0) is 4.79 Å². The van der Waals surface area contributed by atoms with E-state index >= 15 is 0 Å². The maximum Gasteiger partial charge on any atom is 0.311 e. The predicted molar refractivity (Wildman–Crippen MR) is 61.2 cm³/mol. The molecule has 0 aromatic carbocycles. The highest BCUT2D eigenvalue weighted by molar-refractivity contribution is 5.76. The smallest absolute Gasteiger partial charge is 0.311 e. The van der Waals surface area contributed by atoms with Gasteiger partial charge in [0.1, 0.15) is 0 Å². The van der Waals surface area contributed by atoms with E-state index in [0.29, 0.717) is 5.95 Å². The summed E-state index contributed by atoms with van der Waals surface area (Å²) in [5, 5.41) is 12.2. The third-order valence-corrected chi connectivity index (χ3v) is 3.09. The van der Waals surface area contributed by atoms with Crippen LogP contribution in [0.15, 0.2) is 18.5 Å². The molecule has 0 saturated carbocycles. The molecule has 0 fully saturated rings. The number of hydrogen-bond acceptors (Lipinski definition) is 4. The Balaban J connectivity index is 2.92. The first-order valence-corrected chi connectivity index (χ1v) is 5.06. The number of carbonyl (C=O) groups is 1. The first kappa shape index (κ1) is 12.4. The van der Waals surface area contributed by atoms with Crippen LogP contribution in [-0.4, -0.2) is 26.6 Å². The van der Waals surface area contributed by atoms with E-state index in [2.05, 4.69) is 15.3 Å². The summed E-state index contributed by atoms with van der Waals surface area (Å²) in [7, 11) is 0. The second-order valence-corrected chi connectivity index (χ2v) is 4.75. The zero-order valence-electron chi connectivity index (χ0n) is 9.98. The molecule has 0 amide bonds. The summed E-state index contributed by atoms with van der Waals surface area (Å²) in [5.74, 6) is -0.428. The van der Waals surface area contributed by atoms with Crippen molar-refractivity contribution in [3.05, 3.63) is 18.5 Å². The van der Waals surface area contributed by atoms with Gasteiger partial charge in [-0.05, 0) is 33.8 Å². The Morgan fingerprint density at radius 2 is 1.75 bits per heavy atom. The Kier molecular flexibility index (Phi) is 3.16. The molecular weight excluding hydrogens is 206 g/mol. The third kappa shape index (κ3) is 2.29. The quantitative estimate of drug-likeness (QED) is 0.813. The summed E-state index contributed by atoms with van der Waals surface area (Å²) in [6.45, 7) is 6.98. The average molecular weight is 223 g/mol. The highest BCUT2D eigenvalue weighted by atomic mass is 16.4. The lowest BCUT2D eigenvalue weighted by atomic mass is 9.74. The summed E-state index contributed by atoms with van der Waals surface area (Å²) in [4.78, 5) is 19.2. The molecule has 2 N–H and O–H groups in total. The highest BCUT2D eigenvalue weighted by Gasteiger charge is 2.43. The third-order valence-electron chi connectivity index (χ3n) is 3.09. The molecule has 5 nitrogen and oxygen atoms in total. The second-order valence-electron chi connectivity index (χ2n) is 4.75. The molecule has 0 aliphatic carbocycles. The van der Waals surface area contributed by atoms with E-state index in [1.165, 1.54) is 0 Å². The van der Waals surface area contributed by atoms with Gasteiger partial charge in [-0.3, -0.25) is 4.79 Å². The molecule has 88 valence electrons. The molecule has 0 aliphatic rings. The molecule has 0 bridgehead atoms. The number of aliphatic carboxylic acids is 1. The largest absolute Gasteiger partial charge is 0.481 e. The monoisotopic (exact) mass is 223 g/mol. The van der Waals surface area contributed by atoms with E-state index in [1.54, 1.807) is 32.3 Å². The lowest BCUT2D eigenvalue weighted by Crippen LogP contribution is -2.50.